The Hall–Kier alpha value is -1.04. The van der Waals surface area contributed by atoms with E-state index in [-0.39, 0.29) is 5.75 Å². The van der Waals surface area contributed by atoms with Crippen molar-refractivity contribution in [3.8, 4) is 5.75 Å². The molecule has 2 nitrogen and oxygen atoms in total. The van der Waals surface area contributed by atoms with Crippen LogP contribution in [0.5, 0.6) is 5.75 Å². The van der Waals surface area contributed by atoms with Crippen molar-refractivity contribution in [2.24, 2.45) is 0 Å². The summed E-state index contributed by atoms with van der Waals surface area (Å²) in [5.41, 5.74) is 0.760. The van der Waals surface area contributed by atoms with Gasteiger partial charge in [-0.1, -0.05) is 28.1 Å². The highest BCUT2D eigenvalue weighted by Gasteiger charge is 2.09. The number of hydrogen-bond acceptors (Lipinski definition) is 3. The predicted octanol–water partition coefficient (Wildman–Crippen LogP) is 4.29. The molecule has 0 heterocycles. The first-order valence-corrected chi connectivity index (χ1v) is 8.25. The van der Waals surface area contributed by atoms with Crippen LogP contribution in [0, 0.1) is 5.82 Å². The third-order valence-electron chi connectivity index (χ3n) is 2.93. The Morgan fingerprint density at radius 2 is 2.10 bits per heavy atom. The Bertz CT molecular complexity index is 607. The fourth-order valence-corrected chi connectivity index (χ4v) is 3.36. The number of rotatable bonds is 6. The van der Waals surface area contributed by atoms with Gasteiger partial charge in [0.25, 0.3) is 0 Å². The van der Waals surface area contributed by atoms with Gasteiger partial charge in [0.15, 0.2) is 11.6 Å². The first-order chi connectivity index (χ1) is 10.1. The van der Waals surface area contributed by atoms with E-state index in [1.807, 2.05) is 24.3 Å². The topological polar surface area (TPSA) is 29.5 Å². The highest BCUT2D eigenvalue weighted by atomic mass is 79.9. The third-order valence-corrected chi connectivity index (χ3v) is 4.56. The fourth-order valence-electron chi connectivity index (χ4n) is 1.92. The van der Waals surface area contributed by atoms with Crippen molar-refractivity contribution < 1.29 is 14.2 Å². The lowest BCUT2D eigenvalue weighted by Crippen LogP contribution is -2.13. The normalized spacial score (nSPS) is 12.2. The molecule has 0 spiro atoms. The molecular formula is C16H16BrFO2S. The summed E-state index contributed by atoms with van der Waals surface area (Å²) in [6.45, 7) is 0. The summed E-state index contributed by atoms with van der Waals surface area (Å²) in [5, 5.41) is 10.1. The van der Waals surface area contributed by atoms with Gasteiger partial charge in [0, 0.05) is 15.1 Å². The minimum Gasteiger partial charge on any atom is -0.494 e. The minimum absolute atomic E-state index is 0.219. The predicted molar refractivity (Wildman–Crippen MR) is 87.5 cm³/mol. The third kappa shape index (κ3) is 5.02. The van der Waals surface area contributed by atoms with Gasteiger partial charge < -0.3 is 9.84 Å². The Morgan fingerprint density at radius 1 is 1.29 bits per heavy atom. The van der Waals surface area contributed by atoms with Gasteiger partial charge in [-0.3, -0.25) is 0 Å². The molecule has 2 aromatic rings. The zero-order valence-corrected chi connectivity index (χ0v) is 14.0. The molecule has 1 N–H and O–H groups in total. The van der Waals surface area contributed by atoms with E-state index >= 15 is 0 Å². The number of benzene rings is 2. The molecule has 0 amide bonds. The second-order valence-electron chi connectivity index (χ2n) is 4.60. The second kappa shape index (κ2) is 7.82. The van der Waals surface area contributed by atoms with Crippen LogP contribution in [-0.2, 0) is 6.42 Å². The number of halogens is 2. The van der Waals surface area contributed by atoms with Gasteiger partial charge in [-0.15, -0.1) is 11.8 Å². The van der Waals surface area contributed by atoms with Gasteiger partial charge in [0.05, 0.1) is 13.2 Å². The lowest BCUT2D eigenvalue weighted by molar-refractivity contribution is 0.200. The zero-order chi connectivity index (χ0) is 15.2. The van der Waals surface area contributed by atoms with Crippen LogP contribution >= 0.6 is 27.7 Å². The molecule has 2 aromatic carbocycles. The fraction of sp³-hybridized carbons (Fsp3) is 0.250. The smallest absolute Gasteiger partial charge is 0.165 e. The minimum atomic E-state index is -0.526. The molecule has 5 heteroatoms. The molecule has 2 rings (SSSR count). The Morgan fingerprint density at radius 3 is 2.76 bits per heavy atom. The van der Waals surface area contributed by atoms with Gasteiger partial charge in [-0.2, -0.15) is 0 Å². The molecule has 21 heavy (non-hydrogen) atoms. The van der Waals surface area contributed by atoms with Gasteiger partial charge >= 0.3 is 0 Å². The molecule has 0 fully saturated rings. The van der Waals surface area contributed by atoms with Crippen LogP contribution in [-0.4, -0.2) is 24.1 Å². The van der Waals surface area contributed by atoms with E-state index in [4.69, 9.17) is 4.74 Å². The van der Waals surface area contributed by atoms with E-state index in [9.17, 15) is 9.50 Å². The number of hydrogen-bond donors (Lipinski definition) is 1. The van der Waals surface area contributed by atoms with E-state index in [0.717, 1.165) is 14.9 Å². The molecule has 1 atom stereocenters. The maximum atomic E-state index is 13.6. The van der Waals surface area contributed by atoms with Crippen LogP contribution in [0.4, 0.5) is 4.39 Å². The van der Waals surface area contributed by atoms with E-state index in [1.165, 1.54) is 13.2 Å². The maximum absolute atomic E-state index is 13.6. The van der Waals surface area contributed by atoms with Crippen LogP contribution < -0.4 is 4.74 Å². The summed E-state index contributed by atoms with van der Waals surface area (Å²) in [6.07, 6.45) is -0.108. The van der Waals surface area contributed by atoms with Crippen LogP contribution in [0.25, 0.3) is 0 Å². The molecule has 0 saturated heterocycles. The monoisotopic (exact) mass is 370 g/mol. The van der Waals surface area contributed by atoms with Crippen molar-refractivity contribution in [1.29, 1.82) is 0 Å². The molecule has 0 aromatic heterocycles. The first kappa shape index (κ1) is 16.3. The van der Waals surface area contributed by atoms with Crippen LogP contribution in [0.2, 0.25) is 0 Å². The number of aliphatic hydroxyl groups is 1. The number of ether oxygens (including phenoxy) is 1. The number of methoxy groups -OCH3 is 1. The summed E-state index contributed by atoms with van der Waals surface area (Å²) in [5.74, 6) is 0.378. The standard InChI is InChI=1S/C16H16BrFO2S/c1-20-16-6-5-11(8-15(16)18)7-13(19)10-21-14-4-2-3-12(17)9-14/h2-6,8-9,13,19H,7,10H2,1H3. The van der Waals surface area contributed by atoms with Gasteiger partial charge in [-0.25, -0.2) is 4.39 Å². The molecule has 0 radical (unpaired) electrons. The van der Waals surface area contributed by atoms with E-state index in [1.54, 1.807) is 23.9 Å². The lowest BCUT2D eigenvalue weighted by Gasteiger charge is -2.11. The van der Waals surface area contributed by atoms with Crippen molar-refractivity contribution >= 4 is 27.7 Å². The Balaban J connectivity index is 1.89. The van der Waals surface area contributed by atoms with Crippen molar-refractivity contribution in [2.75, 3.05) is 12.9 Å². The van der Waals surface area contributed by atoms with E-state index < -0.39 is 11.9 Å². The van der Waals surface area contributed by atoms with E-state index in [0.29, 0.717) is 12.2 Å². The zero-order valence-electron chi connectivity index (χ0n) is 11.6. The first-order valence-electron chi connectivity index (χ1n) is 6.47. The van der Waals surface area contributed by atoms with Crippen LogP contribution in [0.3, 0.4) is 0 Å². The second-order valence-corrected chi connectivity index (χ2v) is 6.60. The summed E-state index contributed by atoms with van der Waals surface area (Å²) in [7, 11) is 1.43. The van der Waals surface area contributed by atoms with Gasteiger partial charge in [0.1, 0.15) is 0 Å². The summed E-state index contributed by atoms with van der Waals surface area (Å²) in [4.78, 5) is 1.09. The molecular weight excluding hydrogens is 355 g/mol. The number of thioether (sulfide) groups is 1. The molecule has 0 saturated carbocycles. The van der Waals surface area contributed by atoms with Crippen molar-refractivity contribution in [3.63, 3.8) is 0 Å². The summed E-state index contributed by atoms with van der Waals surface area (Å²) >= 11 is 4.99. The lowest BCUT2D eigenvalue weighted by atomic mass is 10.1. The largest absolute Gasteiger partial charge is 0.494 e. The highest BCUT2D eigenvalue weighted by molar-refractivity contribution is 9.10. The van der Waals surface area contributed by atoms with E-state index in [2.05, 4.69) is 15.9 Å². The summed E-state index contributed by atoms with van der Waals surface area (Å²) < 4.78 is 19.5. The average Bonchev–Trinajstić information content (AvgIpc) is 2.45. The van der Waals surface area contributed by atoms with Gasteiger partial charge in [0.2, 0.25) is 0 Å². The molecule has 1 unspecified atom stereocenters. The van der Waals surface area contributed by atoms with Crippen molar-refractivity contribution in [2.45, 2.75) is 17.4 Å². The molecule has 0 aliphatic heterocycles. The SMILES string of the molecule is COc1ccc(CC(O)CSc2cccc(Br)c2)cc1F. The van der Waals surface area contributed by atoms with Crippen LogP contribution in [0.1, 0.15) is 5.56 Å². The molecule has 0 bridgehead atoms. The molecule has 0 aliphatic rings. The maximum Gasteiger partial charge on any atom is 0.165 e. The Labute approximate surface area is 136 Å². The van der Waals surface area contributed by atoms with Crippen molar-refractivity contribution in [1.82, 2.24) is 0 Å². The molecule has 0 aliphatic carbocycles. The summed E-state index contributed by atoms with van der Waals surface area (Å²) in [6, 6.07) is 12.7. The number of aliphatic hydroxyl groups excluding tert-OH is 1. The average molecular weight is 371 g/mol. The van der Waals surface area contributed by atoms with Crippen molar-refractivity contribution in [3.05, 3.63) is 58.3 Å². The molecule has 112 valence electrons. The quantitative estimate of drug-likeness (QED) is 0.769. The van der Waals surface area contributed by atoms with Gasteiger partial charge in [-0.05, 0) is 42.3 Å². The Kier molecular flexibility index (Phi) is 6.08. The highest BCUT2D eigenvalue weighted by Crippen LogP contribution is 2.24. The van der Waals surface area contributed by atoms with Crippen LogP contribution in [0.15, 0.2) is 51.8 Å².